The van der Waals surface area contributed by atoms with E-state index in [0.29, 0.717) is 11.3 Å². The van der Waals surface area contributed by atoms with Crippen LogP contribution in [-0.4, -0.2) is 17.7 Å². The summed E-state index contributed by atoms with van der Waals surface area (Å²) in [4.78, 5) is 11.8. The highest BCUT2D eigenvalue weighted by Gasteiger charge is 2.09. The minimum absolute atomic E-state index is 0.0461. The standard InChI is InChI=1S/C17H19FN2O2/c1-2-12-3-9-15(10-4-12)20-17(22)19-11-16(21)13-5-7-14(18)8-6-13/h3-10,16,21H,2,11H2,1H3,(H2,19,20,22). The molecule has 2 amide bonds. The average Bonchev–Trinajstić information content (AvgIpc) is 2.54. The van der Waals surface area contributed by atoms with Gasteiger partial charge in [-0.1, -0.05) is 31.2 Å². The van der Waals surface area contributed by atoms with Crippen LogP contribution in [0.5, 0.6) is 0 Å². The van der Waals surface area contributed by atoms with Crippen LogP contribution >= 0.6 is 0 Å². The van der Waals surface area contributed by atoms with Crippen molar-refractivity contribution in [3.63, 3.8) is 0 Å². The van der Waals surface area contributed by atoms with Gasteiger partial charge < -0.3 is 15.7 Å². The summed E-state index contributed by atoms with van der Waals surface area (Å²) in [6.07, 6.45) is 0.0601. The molecule has 2 aromatic carbocycles. The first kappa shape index (κ1) is 16.0. The van der Waals surface area contributed by atoms with Gasteiger partial charge in [-0.25, -0.2) is 9.18 Å². The fraction of sp³-hybridized carbons (Fsp3) is 0.235. The molecule has 4 nitrogen and oxygen atoms in total. The number of carbonyl (C=O) groups is 1. The van der Waals surface area contributed by atoms with Crippen molar-refractivity contribution in [2.75, 3.05) is 11.9 Å². The van der Waals surface area contributed by atoms with Gasteiger partial charge in [0, 0.05) is 12.2 Å². The molecule has 0 aliphatic rings. The number of amides is 2. The first-order chi connectivity index (χ1) is 10.6. The third-order valence-electron chi connectivity index (χ3n) is 3.33. The number of urea groups is 1. The number of hydrogen-bond acceptors (Lipinski definition) is 2. The smallest absolute Gasteiger partial charge is 0.319 e. The number of halogens is 1. The third kappa shape index (κ3) is 4.56. The Labute approximate surface area is 129 Å². The van der Waals surface area contributed by atoms with Crippen LogP contribution < -0.4 is 10.6 Å². The fourth-order valence-corrected chi connectivity index (χ4v) is 1.99. The second-order valence-electron chi connectivity index (χ2n) is 4.95. The van der Waals surface area contributed by atoms with Crippen molar-refractivity contribution in [3.05, 3.63) is 65.5 Å². The first-order valence-electron chi connectivity index (χ1n) is 7.16. The van der Waals surface area contributed by atoms with Crippen LogP contribution in [0.15, 0.2) is 48.5 Å². The monoisotopic (exact) mass is 302 g/mol. The molecular weight excluding hydrogens is 283 g/mol. The molecule has 0 fully saturated rings. The van der Waals surface area contributed by atoms with E-state index in [9.17, 15) is 14.3 Å². The van der Waals surface area contributed by atoms with Gasteiger partial charge in [0.15, 0.2) is 0 Å². The van der Waals surface area contributed by atoms with Crippen LogP contribution in [-0.2, 0) is 6.42 Å². The lowest BCUT2D eigenvalue weighted by molar-refractivity contribution is 0.175. The molecule has 1 atom stereocenters. The van der Waals surface area contributed by atoms with E-state index in [1.807, 2.05) is 24.3 Å². The minimum Gasteiger partial charge on any atom is -0.387 e. The minimum atomic E-state index is -0.881. The molecule has 0 heterocycles. The number of nitrogens with one attached hydrogen (secondary N) is 2. The number of rotatable bonds is 5. The maximum absolute atomic E-state index is 12.8. The van der Waals surface area contributed by atoms with Gasteiger partial charge in [-0.3, -0.25) is 0 Å². The molecule has 5 heteroatoms. The molecule has 0 saturated heterocycles. The summed E-state index contributed by atoms with van der Waals surface area (Å²) in [6.45, 7) is 2.11. The van der Waals surface area contributed by atoms with Crippen LogP contribution in [0, 0.1) is 5.82 Å². The van der Waals surface area contributed by atoms with E-state index in [0.717, 1.165) is 6.42 Å². The van der Waals surface area contributed by atoms with Crippen molar-refractivity contribution in [1.82, 2.24) is 5.32 Å². The van der Waals surface area contributed by atoms with E-state index in [-0.39, 0.29) is 12.4 Å². The van der Waals surface area contributed by atoms with Crippen molar-refractivity contribution in [2.45, 2.75) is 19.4 Å². The van der Waals surface area contributed by atoms with Crippen LogP contribution in [0.3, 0.4) is 0 Å². The van der Waals surface area contributed by atoms with Crippen molar-refractivity contribution in [2.24, 2.45) is 0 Å². The Morgan fingerprint density at radius 3 is 2.36 bits per heavy atom. The van der Waals surface area contributed by atoms with Gasteiger partial charge in [-0.15, -0.1) is 0 Å². The molecular formula is C17H19FN2O2. The number of carbonyl (C=O) groups excluding carboxylic acids is 1. The van der Waals surface area contributed by atoms with Crippen LogP contribution in [0.4, 0.5) is 14.9 Å². The van der Waals surface area contributed by atoms with E-state index < -0.39 is 12.1 Å². The lowest BCUT2D eigenvalue weighted by atomic mass is 10.1. The molecule has 116 valence electrons. The van der Waals surface area contributed by atoms with Gasteiger partial charge in [0.05, 0.1) is 6.10 Å². The van der Waals surface area contributed by atoms with E-state index in [1.165, 1.54) is 29.8 Å². The fourth-order valence-electron chi connectivity index (χ4n) is 1.99. The number of hydrogen-bond donors (Lipinski definition) is 3. The van der Waals surface area contributed by atoms with Crippen molar-refractivity contribution >= 4 is 11.7 Å². The molecule has 0 radical (unpaired) electrons. The van der Waals surface area contributed by atoms with Crippen molar-refractivity contribution in [3.8, 4) is 0 Å². The highest BCUT2D eigenvalue weighted by molar-refractivity contribution is 5.89. The molecule has 2 rings (SSSR count). The quantitative estimate of drug-likeness (QED) is 0.794. The van der Waals surface area contributed by atoms with Gasteiger partial charge >= 0.3 is 6.03 Å². The van der Waals surface area contributed by atoms with E-state index in [2.05, 4.69) is 17.6 Å². The number of aliphatic hydroxyl groups excluding tert-OH is 1. The molecule has 0 bridgehead atoms. The van der Waals surface area contributed by atoms with Crippen LogP contribution in [0.1, 0.15) is 24.2 Å². The number of aliphatic hydroxyl groups is 1. The zero-order chi connectivity index (χ0) is 15.9. The van der Waals surface area contributed by atoms with Gasteiger partial charge in [0.1, 0.15) is 5.82 Å². The highest BCUT2D eigenvalue weighted by atomic mass is 19.1. The summed E-state index contributed by atoms with van der Waals surface area (Å²) in [5, 5.41) is 15.2. The summed E-state index contributed by atoms with van der Waals surface area (Å²) in [7, 11) is 0. The molecule has 1 unspecified atom stereocenters. The summed E-state index contributed by atoms with van der Waals surface area (Å²) < 4.78 is 12.8. The van der Waals surface area contributed by atoms with Crippen LogP contribution in [0.25, 0.3) is 0 Å². The average molecular weight is 302 g/mol. The Balaban J connectivity index is 1.82. The molecule has 2 aromatic rings. The third-order valence-corrected chi connectivity index (χ3v) is 3.33. The number of benzene rings is 2. The Bertz CT molecular complexity index is 612. The van der Waals surface area contributed by atoms with Gasteiger partial charge in [-0.05, 0) is 41.8 Å². The largest absolute Gasteiger partial charge is 0.387 e. The predicted octanol–water partition coefficient (Wildman–Crippen LogP) is 3.24. The van der Waals surface area contributed by atoms with Gasteiger partial charge in [0.2, 0.25) is 0 Å². The maximum Gasteiger partial charge on any atom is 0.319 e. The normalized spacial score (nSPS) is 11.8. The zero-order valence-corrected chi connectivity index (χ0v) is 12.3. The molecule has 3 N–H and O–H groups in total. The molecule has 0 spiro atoms. The van der Waals surface area contributed by atoms with Gasteiger partial charge in [-0.2, -0.15) is 0 Å². The Morgan fingerprint density at radius 2 is 1.77 bits per heavy atom. The highest BCUT2D eigenvalue weighted by Crippen LogP contribution is 2.13. The second-order valence-corrected chi connectivity index (χ2v) is 4.95. The first-order valence-corrected chi connectivity index (χ1v) is 7.16. The zero-order valence-electron chi connectivity index (χ0n) is 12.3. The second kappa shape index (κ2) is 7.56. The van der Waals surface area contributed by atoms with E-state index in [4.69, 9.17) is 0 Å². The van der Waals surface area contributed by atoms with Crippen molar-refractivity contribution < 1.29 is 14.3 Å². The summed E-state index contributed by atoms with van der Waals surface area (Å²) in [5.74, 6) is -0.364. The Kier molecular flexibility index (Phi) is 5.49. The molecule has 0 saturated carbocycles. The number of anilines is 1. The summed E-state index contributed by atoms with van der Waals surface area (Å²) in [6, 6.07) is 12.7. The predicted molar refractivity (Wildman–Crippen MR) is 84.2 cm³/mol. The molecule has 0 aliphatic heterocycles. The Hall–Kier alpha value is -2.40. The molecule has 22 heavy (non-hydrogen) atoms. The lowest BCUT2D eigenvalue weighted by Gasteiger charge is -2.13. The molecule has 0 aliphatic carbocycles. The Morgan fingerprint density at radius 1 is 1.14 bits per heavy atom. The topological polar surface area (TPSA) is 61.4 Å². The summed E-state index contributed by atoms with van der Waals surface area (Å²) in [5.41, 5.74) is 2.43. The molecule has 0 aromatic heterocycles. The summed E-state index contributed by atoms with van der Waals surface area (Å²) >= 11 is 0. The van der Waals surface area contributed by atoms with E-state index >= 15 is 0 Å². The number of aryl methyl sites for hydroxylation is 1. The lowest BCUT2D eigenvalue weighted by Crippen LogP contribution is -2.32. The van der Waals surface area contributed by atoms with Gasteiger partial charge in [0.25, 0.3) is 0 Å². The van der Waals surface area contributed by atoms with Crippen LogP contribution in [0.2, 0.25) is 0 Å². The SMILES string of the molecule is CCc1ccc(NC(=O)NCC(O)c2ccc(F)cc2)cc1. The maximum atomic E-state index is 12.8. The van der Waals surface area contributed by atoms with E-state index in [1.54, 1.807) is 0 Å². The van der Waals surface area contributed by atoms with Crippen molar-refractivity contribution in [1.29, 1.82) is 0 Å².